The molecule has 2 N–H and O–H groups in total. The Bertz CT molecular complexity index is 1430. The molecule has 0 saturated carbocycles. The van der Waals surface area contributed by atoms with Gasteiger partial charge in [-0.3, -0.25) is 9.38 Å². The zero-order chi connectivity index (χ0) is 22.9. The van der Waals surface area contributed by atoms with Gasteiger partial charge in [0.1, 0.15) is 5.52 Å². The van der Waals surface area contributed by atoms with Gasteiger partial charge in [-0.05, 0) is 49.1 Å². The number of aromatic nitrogens is 6. The zero-order valence-electron chi connectivity index (χ0n) is 18.7. The second-order valence-electron chi connectivity index (χ2n) is 8.65. The molecule has 1 aromatic carbocycles. The van der Waals surface area contributed by atoms with Gasteiger partial charge in [0.2, 0.25) is 0 Å². The summed E-state index contributed by atoms with van der Waals surface area (Å²) < 4.78 is 3.88. The second-order valence-corrected chi connectivity index (χ2v) is 8.65. The molecule has 1 saturated heterocycles. The average molecular weight is 455 g/mol. The van der Waals surface area contributed by atoms with Crippen LogP contribution in [0.2, 0.25) is 0 Å². The maximum absolute atomic E-state index is 10.0. The van der Waals surface area contributed by atoms with Crippen LogP contribution in [0.5, 0.6) is 0 Å². The number of rotatable bonds is 6. The van der Waals surface area contributed by atoms with Gasteiger partial charge in [0, 0.05) is 31.7 Å². The summed E-state index contributed by atoms with van der Waals surface area (Å²) in [6, 6.07) is 14.1. The minimum atomic E-state index is 0.108. The van der Waals surface area contributed by atoms with Crippen molar-refractivity contribution in [3.05, 3.63) is 72.8 Å². The van der Waals surface area contributed by atoms with E-state index < -0.39 is 0 Å². The van der Waals surface area contributed by atoms with E-state index in [1.165, 1.54) is 0 Å². The lowest BCUT2D eigenvalue weighted by Gasteiger charge is -2.36. The van der Waals surface area contributed by atoms with Crippen LogP contribution in [0, 0.1) is 0 Å². The molecule has 1 unspecified atom stereocenters. The minimum Gasteiger partial charge on any atom is -0.394 e. The van der Waals surface area contributed by atoms with E-state index in [9.17, 15) is 5.11 Å². The van der Waals surface area contributed by atoms with Crippen molar-refractivity contribution in [1.29, 1.82) is 0 Å². The number of fused-ring (bicyclic) bond motifs is 2. The second kappa shape index (κ2) is 8.75. The number of aliphatic hydroxyl groups excluding tert-OH is 1. The highest BCUT2D eigenvalue weighted by Gasteiger charge is 2.24. The predicted octanol–water partition coefficient (Wildman–Crippen LogP) is 3.43. The number of hydrogen-bond donors (Lipinski definition) is 2. The number of hydrogen-bond acceptors (Lipinski definition) is 7. The molecular weight excluding hydrogens is 428 g/mol. The van der Waals surface area contributed by atoms with Gasteiger partial charge in [0.25, 0.3) is 0 Å². The highest BCUT2D eigenvalue weighted by Crippen LogP contribution is 2.31. The van der Waals surface area contributed by atoms with Crippen LogP contribution in [0.3, 0.4) is 0 Å². The van der Waals surface area contributed by atoms with Gasteiger partial charge in [-0.2, -0.15) is 4.68 Å². The number of pyridine rings is 2. The highest BCUT2D eigenvalue weighted by atomic mass is 16.3. The van der Waals surface area contributed by atoms with Gasteiger partial charge >= 0.3 is 0 Å². The number of imidazole rings is 1. The molecular formula is C25H26N8O. The van der Waals surface area contributed by atoms with Crippen molar-refractivity contribution in [2.45, 2.75) is 31.8 Å². The fourth-order valence-corrected chi connectivity index (χ4v) is 4.77. The van der Waals surface area contributed by atoms with Gasteiger partial charge in [0.15, 0.2) is 11.5 Å². The van der Waals surface area contributed by atoms with Gasteiger partial charge in [-0.25, -0.2) is 4.98 Å². The largest absolute Gasteiger partial charge is 0.394 e. The van der Waals surface area contributed by atoms with Crippen LogP contribution in [0.4, 0.5) is 11.4 Å². The number of anilines is 2. The van der Waals surface area contributed by atoms with E-state index >= 15 is 0 Å². The fraction of sp³-hybridized carbons (Fsp3) is 0.280. The molecule has 1 atom stereocenters. The molecule has 34 heavy (non-hydrogen) atoms. The van der Waals surface area contributed by atoms with Gasteiger partial charge in [-0.15, -0.1) is 5.10 Å². The van der Waals surface area contributed by atoms with Crippen LogP contribution >= 0.6 is 0 Å². The molecule has 172 valence electrons. The molecule has 9 nitrogen and oxygen atoms in total. The lowest BCUT2D eigenvalue weighted by Crippen LogP contribution is -2.42. The number of aliphatic hydroxyl groups is 1. The Morgan fingerprint density at radius 2 is 2.03 bits per heavy atom. The molecule has 1 aliphatic heterocycles. The van der Waals surface area contributed by atoms with Crippen LogP contribution in [-0.4, -0.2) is 53.7 Å². The monoisotopic (exact) mass is 454 g/mol. The first kappa shape index (κ1) is 20.6. The van der Waals surface area contributed by atoms with Crippen molar-refractivity contribution in [2.75, 3.05) is 23.4 Å². The molecule has 5 aromatic rings. The molecule has 0 amide bonds. The summed E-state index contributed by atoms with van der Waals surface area (Å²) in [5.74, 6) is 0.813. The fourth-order valence-electron chi connectivity index (χ4n) is 4.77. The van der Waals surface area contributed by atoms with Crippen molar-refractivity contribution < 1.29 is 5.11 Å². The third-order valence-corrected chi connectivity index (χ3v) is 6.52. The number of para-hydroxylation sites is 1. The molecule has 1 fully saturated rings. The average Bonchev–Trinajstić information content (AvgIpc) is 3.52. The summed E-state index contributed by atoms with van der Waals surface area (Å²) in [5, 5.41) is 22.3. The van der Waals surface area contributed by atoms with Crippen molar-refractivity contribution in [2.24, 2.45) is 0 Å². The lowest BCUT2D eigenvalue weighted by atomic mass is 10.0. The Kier molecular flexibility index (Phi) is 5.31. The van der Waals surface area contributed by atoms with E-state index in [4.69, 9.17) is 4.98 Å². The van der Waals surface area contributed by atoms with Crippen molar-refractivity contribution >= 4 is 28.1 Å². The van der Waals surface area contributed by atoms with Gasteiger partial charge < -0.3 is 15.3 Å². The summed E-state index contributed by atoms with van der Waals surface area (Å²) in [4.78, 5) is 11.3. The maximum atomic E-state index is 10.0. The molecule has 0 spiro atoms. The standard InChI is InChI=1S/C25H26N8O/c34-17-19-7-3-4-11-31(19)20-12-22(27-14-18-6-5-10-26-13-18)25-28-15-24(32(25)16-20)33-23-9-2-1-8-21(23)29-30-33/h1-2,5-6,8-10,12-13,15-16,19,27,34H,3-4,7,11,14,17H2. The highest BCUT2D eigenvalue weighted by molar-refractivity contribution is 5.78. The zero-order valence-corrected chi connectivity index (χ0v) is 18.7. The third-order valence-electron chi connectivity index (χ3n) is 6.52. The van der Waals surface area contributed by atoms with E-state index in [2.05, 4.69) is 42.2 Å². The van der Waals surface area contributed by atoms with Crippen molar-refractivity contribution in [1.82, 2.24) is 29.4 Å². The van der Waals surface area contributed by atoms with E-state index in [-0.39, 0.29) is 12.6 Å². The summed E-state index contributed by atoms with van der Waals surface area (Å²) in [6.45, 7) is 1.68. The van der Waals surface area contributed by atoms with E-state index in [0.29, 0.717) is 6.54 Å². The molecule has 0 radical (unpaired) electrons. The first-order valence-corrected chi connectivity index (χ1v) is 11.6. The Balaban J connectivity index is 1.48. The first-order chi connectivity index (χ1) is 16.8. The number of nitrogens with one attached hydrogen (secondary N) is 1. The predicted molar refractivity (Wildman–Crippen MR) is 131 cm³/mol. The van der Waals surface area contributed by atoms with Crippen LogP contribution < -0.4 is 10.2 Å². The smallest absolute Gasteiger partial charge is 0.162 e. The Hall–Kier alpha value is -3.98. The van der Waals surface area contributed by atoms with E-state index in [1.54, 1.807) is 6.20 Å². The minimum absolute atomic E-state index is 0.108. The number of nitrogens with zero attached hydrogens (tertiary/aromatic N) is 7. The molecule has 6 rings (SSSR count). The van der Waals surface area contributed by atoms with E-state index in [0.717, 1.165) is 65.2 Å². The van der Waals surface area contributed by atoms with Gasteiger partial charge in [-0.1, -0.05) is 23.4 Å². The summed E-state index contributed by atoms with van der Waals surface area (Å²) >= 11 is 0. The van der Waals surface area contributed by atoms with Crippen molar-refractivity contribution in [3.8, 4) is 5.82 Å². The lowest BCUT2D eigenvalue weighted by molar-refractivity contribution is 0.240. The van der Waals surface area contributed by atoms with Crippen molar-refractivity contribution in [3.63, 3.8) is 0 Å². The Labute approximate surface area is 196 Å². The Morgan fingerprint density at radius 1 is 1.09 bits per heavy atom. The van der Waals surface area contributed by atoms with Crippen LogP contribution in [-0.2, 0) is 6.54 Å². The van der Waals surface area contributed by atoms with Crippen LogP contribution in [0.15, 0.2) is 67.3 Å². The summed E-state index contributed by atoms with van der Waals surface area (Å²) in [5.41, 5.74) is 5.61. The molecule has 5 heterocycles. The third kappa shape index (κ3) is 3.63. The maximum Gasteiger partial charge on any atom is 0.162 e. The van der Waals surface area contributed by atoms with E-state index in [1.807, 2.05) is 53.5 Å². The Morgan fingerprint density at radius 3 is 2.91 bits per heavy atom. The molecule has 0 aliphatic carbocycles. The number of piperidine rings is 1. The number of benzene rings is 1. The normalized spacial score (nSPS) is 16.4. The molecule has 0 bridgehead atoms. The van der Waals surface area contributed by atoms with Crippen LogP contribution in [0.25, 0.3) is 22.5 Å². The topological polar surface area (TPSA) is 96.4 Å². The summed E-state index contributed by atoms with van der Waals surface area (Å²) in [7, 11) is 0. The van der Waals surface area contributed by atoms with Gasteiger partial charge in [0.05, 0.1) is 35.7 Å². The SMILES string of the molecule is OCC1CCCCN1c1cc(NCc2cccnc2)c2ncc(-n3nnc4ccccc43)n2c1. The summed E-state index contributed by atoms with van der Waals surface area (Å²) in [6.07, 6.45) is 10.8. The molecule has 1 aliphatic rings. The first-order valence-electron chi connectivity index (χ1n) is 11.6. The van der Waals surface area contributed by atoms with Crippen LogP contribution in [0.1, 0.15) is 24.8 Å². The quantitative estimate of drug-likeness (QED) is 0.406. The molecule has 4 aromatic heterocycles. The molecule has 9 heteroatoms.